The van der Waals surface area contributed by atoms with Crippen molar-refractivity contribution in [2.45, 2.75) is 0 Å². The summed E-state index contributed by atoms with van der Waals surface area (Å²) in [5.74, 6) is 0. The number of aromatic nitrogens is 2. The maximum Gasteiger partial charge on any atom is 0.300 e. The molecule has 0 spiro atoms. The number of ether oxygens (including phenoxy) is 1. The number of halogens is 2. The highest BCUT2D eigenvalue weighted by atomic mass is 79.9. The van der Waals surface area contributed by atoms with Crippen LogP contribution in [0.1, 0.15) is 0 Å². The van der Waals surface area contributed by atoms with E-state index in [1.807, 2.05) is 4.90 Å². The van der Waals surface area contributed by atoms with Gasteiger partial charge in [-0.1, -0.05) is 11.6 Å². The summed E-state index contributed by atoms with van der Waals surface area (Å²) >= 11 is 9.22. The Balaban J connectivity index is 2.00. The van der Waals surface area contributed by atoms with E-state index in [9.17, 15) is 0 Å². The quantitative estimate of drug-likeness (QED) is 0.756. The van der Waals surface area contributed by atoms with Crippen LogP contribution in [0.25, 0.3) is 11.2 Å². The third-order valence-electron chi connectivity index (χ3n) is 2.56. The molecule has 0 aromatic carbocycles. The summed E-state index contributed by atoms with van der Waals surface area (Å²) in [5, 5.41) is 0.388. The van der Waals surface area contributed by atoms with E-state index in [0.717, 1.165) is 13.1 Å². The first-order valence-corrected chi connectivity index (χ1v) is 6.36. The van der Waals surface area contributed by atoms with Gasteiger partial charge in [0, 0.05) is 19.2 Å². The van der Waals surface area contributed by atoms with Crippen LogP contribution in [0.5, 0.6) is 0 Å². The van der Waals surface area contributed by atoms with Crippen LogP contribution in [0.15, 0.2) is 15.0 Å². The van der Waals surface area contributed by atoms with Gasteiger partial charge in [-0.25, -0.2) is 4.98 Å². The lowest BCUT2D eigenvalue weighted by molar-refractivity contribution is 0.120. The fourth-order valence-electron chi connectivity index (χ4n) is 1.70. The van der Waals surface area contributed by atoms with Gasteiger partial charge in [-0.15, -0.1) is 0 Å². The standard InChI is InChI=1S/C10H9BrClN3O2/c11-6-5-7-9(13-8(6)12)14-10(17-7)15-1-3-16-4-2-15/h5H,1-4H2. The fraction of sp³-hybridized carbons (Fsp3) is 0.400. The van der Waals surface area contributed by atoms with Crippen LogP contribution in [0.2, 0.25) is 5.15 Å². The van der Waals surface area contributed by atoms with Crippen molar-refractivity contribution in [3.63, 3.8) is 0 Å². The molecule has 1 fully saturated rings. The number of hydrogen-bond donors (Lipinski definition) is 0. The molecule has 17 heavy (non-hydrogen) atoms. The van der Waals surface area contributed by atoms with Crippen LogP contribution in [0.3, 0.4) is 0 Å². The van der Waals surface area contributed by atoms with Crippen molar-refractivity contribution in [3.8, 4) is 0 Å². The predicted molar refractivity (Wildman–Crippen MR) is 67.5 cm³/mol. The topological polar surface area (TPSA) is 51.4 Å². The molecule has 3 heterocycles. The number of nitrogens with zero attached hydrogens (tertiary/aromatic N) is 3. The highest BCUT2D eigenvalue weighted by Crippen LogP contribution is 2.28. The van der Waals surface area contributed by atoms with E-state index >= 15 is 0 Å². The van der Waals surface area contributed by atoms with Crippen molar-refractivity contribution in [1.29, 1.82) is 0 Å². The largest absolute Gasteiger partial charge is 0.422 e. The van der Waals surface area contributed by atoms with Gasteiger partial charge in [-0.2, -0.15) is 4.98 Å². The number of oxazole rings is 1. The smallest absolute Gasteiger partial charge is 0.300 e. The molecule has 1 aliphatic heterocycles. The molecule has 2 aromatic heterocycles. The zero-order valence-corrected chi connectivity index (χ0v) is 11.2. The number of rotatable bonds is 1. The molecule has 0 unspecified atom stereocenters. The normalized spacial score (nSPS) is 16.7. The van der Waals surface area contributed by atoms with Crippen LogP contribution in [-0.4, -0.2) is 36.3 Å². The van der Waals surface area contributed by atoms with Gasteiger partial charge < -0.3 is 14.1 Å². The highest BCUT2D eigenvalue weighted by Gasteiger charge is 2.18. The van der Waals surface area contributed by atoms with Crippen molar-refractivity contribution in [1.82, 2.24) is 9.97 Å². The lowest BCUT2D eigenvalue weighted by atomic mass is 10.4. The van der Waals surface area contributed by atoms with Crippen LogP contribution in [0, 0.1) is 0 Å². The lowest BCUT2D eigenvalue weighted by Gasteiger charge is -2.24. The second-order valence-electron chi connectivity index (χ2n) is 3.68. The molecule has 1 aliphatic rings. The molecule has 0 radical (unpaired) electrons. The van der Waals surface area contributed by atoms with Crippen LogP contribution in [-0.2, 0) is 4.74 Å². The van der Waals surface area contributed by atoms with Crippen molar-refractivity contribution in [2.75, 3.05) is 31.2 Å². The Morgan fingerprint density at radius 2 is 2.06 bits per heavy atom. The van der Waals surface area contributed by atoms with Gasteiger partial charge in [0.05, 0.1) is 17.7 Å². The third kappa shape index (κ3) is 2.12. The SMILES string of the molecule is Clc1nc2nc(N3CCOCC3)oc2cc1Br. The molecule has 90 valence electrons. The number of pyridine rings is 1. The maximum atomic E-state index is 5.91. The minimum Gasteiger partial charge on any atom is -0.422 e. The van der Waals surface area contributed by atoms with E-state index in [-0.39, 0.29) is 0 Å². The van der Waals surface area contributed by atoms with Gasteiger partial charge in [-0.05, 0) is 15.9 Å². The number of anilines is 1. The first-order valence-electron chi connectivity index (χ1n) is 5.19. The number of hydrogen-bond acceptors (Lipinski definition) is 5. The van der Waals surface area contributed by atoms with Gasteiger partial charge in [0.25, 0.3) is 6.01 Å². The molecule has 0 atom stereocenters. The molecule has 0 bridgehead atoms. The molecule has 1 saturated heterocycles. The minimum absolute atomic E-state index is 0.388. The predicted octanol–water partition coefficient (Wildman–Crippen LogP) is 2.48. The molecule has 0 N–H and O–H groups in total. The average molecular weight is 319 g/mol. The Hall–Kier alpha value is -0.850. The van der Waals surface area contributed by atoms with Crippen LogP contribution in [0.4, 0.5) is 6.01 Å². The van der Waals surface area contributed by atoms with Crippen LogP contribution >= 0.6 is 27.5 Å². The maximum absolute atomic E-state index is 5.91. The Morgan fingerprint density at radius 3 is 2.82 bits per heavy atom. The number of fused-ring (bicyclic) bond motifs is 1. The summed E-state index contributed by atoms with van der Waals surface area (Å²) < 4.78 is 11.6. The monoisotopic (exact) mass is 317 g/mol. The molecule has 7 heteroatoms. The van der Waals surface area contributed by atoms with Gasteiger partial charge in [0.1, 0.15) is 5.15 Å². The van der Waals surface area contributed by atoms with Crippen molar-refractivity contribution in [3.05, 3.63) is 15.7 Å². The van der Waals surface area contributed by atoms with Crippen molar-refractivity contribution < 1.29 is 9.15 Å². The number of morpholine rings is 1. The molecule has 0 aliphatic carbocycles. The van der Waals surface area contributed by atoms with Gasteiger partial charge in [0.15, 0.2) is 5.58 Å². The van der Waals surface area contributed by atoms with Crippen LogP contribution < -0.4 is 4.90 Å². The molecule has 2 aromatic rings. The highest BCUT2D eigenvalue weighted by molar-refractivity contribution is 9.10. The van der Waals surface area contributed by atoms with E-state index in [4.69, 9.17) is 20.8 Å². The molecule has 0 amide bonds. The molecular formula is C10H9BrClN3O2. The molecule has 0 saturated carbocycles. The van der Waals surface area contributed by atoms with E-state index < -0.39 is 0 Å². The van der Waals surface area contributed by atoms with Gasteiger partial charge in [0.2, 0.25) is 5.65 Å². The van der Waals surface area contributed by atoms with Crippen molar-refractivity contribution >= 4 is 44.8 Å². The second-order valence-corrected chi connectivity index (χ2v) is 4.89. The Kier molecular flexibility index (Phi) is 2.94. The summed E-state index contributed by atoms with van der Waals surface area (Å²) in [4.78, 5) is 10.5. The summed E-state index contributed by atoms with van der Waals surface area (Å²) in [6, 6.07) is 2.35. The third-order valence-corrected chi connectivity index (χ3v) is 3.68. The first-order chi connectivity index (χ1) is 8.24. The van der Waals surface area contributed by atoms with E-state index in [0.29, 0.717) is 40.1 Å². The average Bonchev–Trinajstić information content (AvgIpc) is 2.74. The second kappa shape index (κ2) is 4.44. The lowest BCUT2D eigenvalue weighted by Crippen LogP contribution is -2.36. The van der Waals surface area contributed by atoms with E-state index in [1.165, 1.54) is 0 Å². The zero-order chi connectivity index (χ0) is 11.8. The summed E-state index contributed by atoms with van der Waals surface area (Å²) in [6.45, 7) is 2.94. The Morgan fingerprint density at radius 1 is 1.29 bits per heavy atom. The molecule has 3 rings (SSSR count). The van der Waals surface area contributed by atoms with Crippen molar-refractivity contribution in [2.24, 2.45) is 0 Å². The minimum atomic E-state index is 0.388. The van der Waals surface area contributed by atoms with Gasteiger partial charge in [-0.3, -0.25) is 0 Å². The Bertz CT molecular complexity index is 515. The fourth-order valence-corrected chi connectivity index (χ4v) is 2.13. The van der Waals surface area contributed by atoms with E-state index in [1.54, 1.807) is 6.07 Å². The van der Waals surface area contributed by atoms with Gasteiger partial charge >= 0.3 is 0 Å². The Labute approximate surface area is 111 Å². The van der Waals surface area contributed by atoms with E-state index in [2.05, 4.69) is 25.9 Å². The zero-order valence-electron chi connectivity index (χ0n) is 8.82. The molecule has 5 nitrogen and oxygen atoms in total. The summed E-state index contributed by atoms with van der Waals surface area (Å²) in [5.41, 5.74) is 1.16. The molecular weight excluding hydrogens is 309 g/mol. The summed E-state index contributed by atoms with van der Waals surface area (Å²) in [7, 11) is 0. The summed E-state index contributed by atoms with van der Waals surface area (Å²) in [6.07, 6.45) is 0. The first kappa shape index (κ1) is 11.3.